The molecule has 2 N–H and O–H groups in total. The topological polar surface area (TPSA) is 51.4 Å². The molecule has 18 heavy (non-hydrogen) atoms. The molecule has 0 aromatic carbocycles. The van der Waals surface area contributed by atoms with Crippen LogP contribution in [0.15, 0.2) is 12.3 Å². The zero-order valence-corrected chi connectivity index (χ0v) is 11.7. The minimum Gasteiger partial charge on any atom is -0.377 e. The number of ether oxygens (including phenoxy) is 1. The lowest BCUT2D eigenvalue weighted by Gasteiger charge is -2.40. The maximum atomic E-state index is 6.28. The minimum atomic E-state index is -0.115. The first-order chi connectivity index (χ1) is 8.58. The Balaban J connectivity index is 2.21. The van der Waals surface area contributed by atoms with E-state index in [0.29, 0.717) is 11.6 Å². The van der Waals surface area contributed by atoms with E-state index in [1.807, 2.05) is 6.07 Å². The first kappa shape index (κ1) is 13.6. The van der Waals surface area contributed by atoms with Crippen LogP contribution in [-0.2, 0) is 11.3 Å². The summed E-state index contributed by atoms with van der Waals surface area (Å²) in [5, 5.41) is 0.665. The number of nitrogens with zero attached hydrogens (tertiary/aromatic N) is 2. The number of methoxy groups -OCH3 is 1. The van der Waals surface area contributed by atoms with Crippen LogP contribution < -0.4 is 10.6 Å². The van der Waals surface area contributed by atoms with Crippen LogP contribution in [0.3, 0.4) is 0 Å². The summed E-state index contributed by atoms with van der Waals surface area (Å²) in [6.45, 7) is 4.37. The summed E-state index contributed by atoms with van der Waals surface area (Å²) in [5.74, 6) is 0.830. The molecule has 0 bridgehead atoms. The third-order valence-electron chi connectivity index (χ3n) is 3.57. The zero-order valence-electron chi connectivity index (χ0n) is 10.9. The fourth-order valence-corrected chi connectivity index (χ4v) is 2.68. The normalized spacial score (nSPS) is 24.3. The molecule has 2 heterocycles. The number of pyridine rings is 1. The maximum absolute atomic E-state index is 6.28. The molecule has 1 aliphatic rings. The highest BCUT2D eigenvalue weighted by Crippen LogP contribution is 2.31. The summed E-state index contributed by atoms with van der Waals surface area (Å²) in [4.78, 5) is 6.62. The molecule has 0 saturated carbocycles. The molecule has 1 fully saturated rings. The molecule has 1 aromatic heterocycles. The van der Waals surface area contributed by atoms with E-state index >= 15 is 0 Å². The van der Waals surface area contributed by atoms with Gasteiger partial charge in [-0.1, -0.05) is 11.6 Å². The van der Waals surface area contributed by atoms with Gasteiger partial charge in [-0.3, -0.25) is 0 Å². The van der Waals surface area contributed by atoms with Crippen LogP contribution in [0.5, 0.6) is 0 Å². The third kappa shape index (κ3) is 2.76. The Morgan fingerprint density at radius 1 is 1.61 bits per heavy atom. The number of rotatable bonds is 3. The van der Waals surface area contributed by atoms with Crippen molar-refractivity contribution in [3.63, 3.8) is 0 Å². The van der Waals surface area contributed by atoms with Gasteiger partial charge in [-0.05, 0) is 31.4 Å². The number of halogens is 1. The van der Waals surface area contributed by atoms with Crippen molar-refractivity contribution < 1.29 is 4.74 Å². The van der Waals surface area contributed by atoms with E-state index in [2.05, 4.69) is 16.8 Å². The lowest BCUT2D eigenvalue weighted by molar-refractivity contribution is -0.00480. The molecule has 0 amide bonds. The molecule has 1 aliphatic heterocycles. The van der Waals surface area contributed by atoms with Crippen LogP contribution in [0.1, 0.15) is 25.3 Å². The van der Waals surface area contributed by atoms with Crippen LogP contribution in [0.25, 0.3) is 0 Å². The van der Waals surface area contributed by atoms with E-state index in [1.54, 1.807) is 13.3 Å². The van der Waals surface area contributed by atoms with Crippen molar-refractivity contribution in [1.29, 1.82) is 0 Å². The van der Waals surface area contributed by atoms with Crippen molar-refractivity contribution in [2.75, 3.05) is 25.1 Å². The SMILES string of the molecule is COC1(C)CCCN(c2ncc(CN)cc2Cl)C1. The summed E-state index contributed by atoms with van der Waals surface area (Å²) in [5.41, 5.74) is 6.42. The van der Waals surface area contributed by atoms with Crippen molar-refractivity contribution in [3.05, 3.63) is 22.8 Å². The second kappa shape index (κ2) is 5.43. The molecule has 1 saturated heterocycles. The van der Waals surface area contributed by atoms with Gasteiger partial charge in [0.2, 0.25) is 0 Å². The van der Waals surface area contributed by atoms with Crippen molar-refractivity contribution in [3.8, 4) is 0 Å². The van der Waals surface area contributed by atoms with Gasteiger partial charge in [-0.2, -0.15) is 0 Å². The van der Waals surface area contributed by atoms with Gasteiger partial charge >= 0.3 is 0 Å². The Labute approximate surface area is 113 Å². The van der Waals surface area contributed by atoms with Gasteiger partial charge in [0, 0.05) is 32.9 Å². The van der Waals surface area contributed by atoms with Gasteiger partial charge in [-0.25, -0.2) is 4.98 Å². The highest BCUT2D eigenvalue weighted by Gasteiger charge is 2.32. The van der Waals surface area contributed by atoms with Gasteiger partial charge in [-0.15, -0.1) is 0 Å². The van der Waals surface area contributed by atoms with E-state index in [1.165, 1.54) is 0 Å². The van der Waals surface area contributed by atoms with Gasteiger partial charge in [0.15, 0.2) is 0 Å². The molecule has 4 nitrogen and oxygen atoms in total. The second-order valence-electron chi connectivity index (χ2n) is 5.03. The second-order valence-corrected chi connectivity index (χ2v) is 5.44. The average molecular weight is 270 g/mol. The van der Waals surface area contributed by atoms with Gasteiger partial charge < -0.3 is 15.4 Å². The average Bonchev–Trinajstić information content (AvgIpc) is 2.38. The van der Waals surface area contributed by atoms with Crippen LogP contribution in [0.2, 0.25) is 5.02 Å². The van der Waals surface area contributed by atoms with E-state index in [9.17, 15) is 0 Å². The Morgan fingerprint density at radius 3 is 3.00 bits per heavy atom. The molecule has 1 unspecified atom stereocenters. The van der Waals surface area contributed by atoms with Crippen LogP contribution in [0.4, 0.5) is 5.82 Å². The molecule has 1 atom stereocenters. The van der Waals surface area contributed by atoms with Crippen LogP contribution in [0, 0.1) is 0 Å². The third-order valence-corrected chi connectivity index (χ3v) is 3.84. The molecule has 100 valence electrons. The summed E-state index contributed by atoms with van der Waals surface area (Å²) in [7, 11) is 1.76. The van der Waals surface area contributed by atoms with Gasteiger partial charge in [0.25, 0.3) is 0 Å². The number of hydrogen-bond donors (Lipinski definition) is 1. The van der Waals surface area contributed by atoms with E-state index in [0.717, 1.165) is 37.3 Å². The summed E-state index contributed by atoms with van der Waals surface area (Å²) in [6.07, 6.45) is 3.94. The molecule has 5 heteroatoms. The fourth-order valence-electron chi connectivity index (χ4n) is 2.37. The Bertz CT molecular complexity index is 427. The van der Waals surface area contributed by atoms with Gasteiger partial charge in [0.05, 0.1) is 10.6 Å². The quantitative estimate of drug-likeness (QED) is 0.914. The van der Waals surface area contributed by atoms with E-state index in [4.69, 9.17) is 22.1 Å². The number of hydrogen-bond acceptors (Lipinski definition) is 4. The van der Waals surface area contributed by atoms with Crippen molar-refractivity contribution in [1.82, 2.24) is 4.98 Å². The molecule has 0 radical (unpaired) electrons. The summed E-state index contributed by atoms with van der Waals surface area (Å²) < 4.78 is 5.58. The van der Waals surface area contributed by atoms with Crippen molar-refractivity contribution >= 4 is 17.4 Å². The largest absolute Gasteiger partial charge is 0.377 e. The maximum Gasteiger partial charge on any atom is 0.147 e. The molecule has 0 spiro atoms. The van der Waals surface area contributed by atoms with Crippen molar-refractivity contribution in [2.45, 2.75) is 31.9 Å². The van der Waals surface area contributed by atoms with Crippen molar-refractivity contribution in [2.24, 2.45) is 5.73 Å². The first-order valence-electron chi connectivity index (χ1n) is 6.22. The monoisotopic (exact) mass is 269 g/mol. The lowest BCUT2D eigenvalue weighted by atomic mass is 9.95. The lowest BCUT2D eigenvalue weighted by Crippen LogP contribution is -2.47. The Kier molecular flexibility index (Phi) is 4.10. The standard InChI is InChI=1S/C13H20ClN3O/c1-13(18-2)4-3-5-17(9-13)12-11(14)6-10(7-15)8-16-12/h6,8H,3-5,7,9,15H2,1-2H3. The first-order valence-corrected chi connectivity index (χ1v) is 6.60. The number of aromatic nitrogens is 1. The number of nitrogens with two attached hydrogens (primary N) is 1. The summed E-state index contributed by atoms with van der Waals surface area (Å²) in [6, 6.07) is 1.89. The minimum absolute atomic E-state index is 0.115. The van der Waals surface area contributed by atoms with Crippen LogP contribution >= 0.6 is 11.6 Å². The molecular weight excluding hydrogens is 250 g/mol. The molecule has 1 aromatic rings. The Hall–Kier alpha value is -0.840. The highest BCUT2D eigenvalue weighted by atomic mass is 35.5. The number of piperidine rings is 1. The van der Waals surface area contributed by atoms with E-state index in [-0.39, 0.29) is 5.60 Å². The zero-order chi connectivity index (χ0) is 13.2. The summed E-state index contributed by atoms with van der Waals surface area (Å²) >= 11 is 6.28. The predicted octanol–water partition coefficient (Wildman–Crippen LogP) is 2.20. The molecular formula is C13H20ClN3O. The fraction of sp³-hybridized carbons (Fsp3) is 0.615. The van der Waals surface area contributed by atoms with E-state index < -0.39 is 0 Å². The van der Waals surface area contributed by atoms with Gasteiger partial charge in [0.1, 0.15) is 5.82 Å². The highest BCUT2D eigenvalue weighted by molar-refractivity contribution is 6.33. The predicted molar refractivity (Wildman–Crippen MR) is 74.0 cm³/mol. The molecule has 2 rings (SSSR count). The number of anilines is 1. The Morgan fingerprint density at radius 2 is 2.39 bits per heavy atom. The smallest absolute Gasteiger partial charge is 0.147 e. The molecule has 0 aliphatic carbocycles. The van der Waals surface area contributed by atoms with Crippen LogP contribution in [-0.4, -0.2) is 30.8 Å².